The summed E-state index contributed by atoms with van der Waals surface area (Å²) in [6.45, 7) is 5.08. The van der Waals surface area contributed by atoms with Gasteiger partial charge in [-0.3, -0.25) is 4.79 Å². The number of methoxy groups -OCH3 is 1. The molecule has 2 aromatic rings. The van der Waals surface area contributed by atoms with Crippen molar-refractivity contribution in [2.75, 3.05) is 13.7 Å². The molecule has 0 radical (unpaired) electrons. The van der Waals surface area contributed by atoms with E-state index in [2.05, 4.69) is 24.9 Å². The van der Waals surface area contributed by atoms with E-state index in [0.29, 0.717) is 12.3 Å². The monoisotopic (exact) mass is 344 g/mol. The molecule has 1 atom stereocenters. The molecule has 24 heavy (non-hydrogen) atoms. The molecule has 1 amide bonds. The normalized spacial score (nSPS) is 17.5. The first-order valence-corrected chi connectivity index (χ1v) is 9.34. The van der Waals surface area contributed by atoms with Gasteiger partial charge in [-0.15, -0.1) is 11.3 Å². The van der Waals surface area contributed by atoms with E-state index >= 15 is 0 Å². The highest BCUT2D eigenvalue weighted by molar-refractivity contribution is 7.09. The van der Waals surface area contributed by atoms with Gasteiger partial charge < -0.3 is 9.64 Å². The minimum Gasteiger partial charge on any atom is -0.497 e. The van der Waals surface area contributed by atoms with Crippen molar-refractivity contribution in [3.8, 4) is 5.75 Å². The van der Waals surface area contributed by atoms with Crippen LogP contribution in [-0.2, 0) is 11.2 Å². The topological polar surface area (TPSA) is 42.4 Å². The predicted molar refractivity (Wildman–Crippen MR) is 96.6 cm³/mol. The molecular formula is C19H24N2O2S. The van der Waals surface area contributed by atoms with E-state index in [1.807, 2.05) is 28.5 Å². The highest BCUT2D eigenvalue weighted by atomic mass is 32.1. The van der Waals surface area contributed by atoms with Gasteiger partial charge in [0.25, 0.3) is 0 Å². The summed E-state index contributed by atoms with van der Waals surface area (Å²) in [6.07, 6.45) is 2.44. The molecule has 1 saturated heterocycles. The van der Waals surface area contributed by atoms with E-state index < -0.39 is 0 Å². The maximum absolute atomic E-state index is 12.8. The van der Waals surface area contributed by atoms with Gasteiger partial charge in [0.2, 0.25) is 5.91 Å². The van der Waals surface area contributed by atoms with Crippen LogP contribution >= 0.6 is 11.3 Å². The van der Waals surface area contributed by atoms with Crippen LogP contribution in [-0.4, -0.2) is 29.4 Å². The van der Waals surface area contributed by atoms with Crippen molar-refractivity contribution in [3.63, 3.8) is 0 Å². The molecule has 1 aromatic carbocycles. The standard InChI is InChI=1S/C19H24N2O2S/c1-13(2)19-20-15(12-24-19)11-18(22)21-9-5-8-17(21)14-6-4-7-16(10-14)23-3/h4,6-7,10,12-13,17H,5,8-9,11H2,1-3H3. The molecule has 5 heteroatoms. The van der Waals surface area contributed by atoms with Crippen molar-refractivity contribution < 1.29 is 9.53 Å². The number of aromatic nitrogens is 1. The number of likely N-dealkylation sites (tertiary alicyclic amines) is 1. The zero-order valence-electron chi connectivity index (χ0n) is 14.5. The van der Waals surface area contributed by atoms with E-state index in [9.17, 15) is 4.79 Å². The minimum absolute atomic E-state index is 0.149. The molecule has 4 nitrogen and oxygen atoms in total. The summed E-state index contributed by atoms with van der Waals surface area (Å²) >= 11 is 1.65. The van der Waals surface area contributed by atoms with Crippen LogP contribution in [0.1, 0.15) is 54.9 Å². The molecule has 0 N–H and O–H groups in total. The first-order valence-electron chi connectivity index (χ1n) is 8.46. The molecule has 2 heterocycles. The van der Waals surface area contributed by atoms with Gasteiger partial charge in [0.1, 0.15) is 5.75 Å². The average molecular weight is 344 g/mol. The predicted octanol–water partition coefficient (Wildman–Crippen LogP) is 4.18. The van der Waals surface area contributed by atoms with Crippen molar-refractivity contribution in [2.24, 2.45) is 0 Å². The molecule has 1 aliphatic rings. The van der Waals surface area contributed by atoms with Gasteiger partial charge in [-0.25, -0.2) is 4.98 Å². The molecule has 0 aliphatic carbocycles. The third-order valence-corrected chi connectivity index (χ3v) is 5.64. The lowest BCUT2D eigenvalue weighted by Gasteiger charge is -2.25. The molecule has 0 saturated carbocycles. The first kappa shape index (κ1) is 17.0. The Hall–Kier alpha value is -1.88. The minimum atomic E-state index is 0.149. The molecule has 0 spiro atoms. The van der Waals surface area contributed by atoms with Crippen LogP contribution in [0.15, 0.2) is 29.6 Å². The number of amides is 1. The molecule has 3 rings (SSSR count). The van der Waals surface area contributed by atoms with Crippen molar-refractivity contribution in [2.45, 2.75) is 45.1 Å². The fourth-order valence-corrected chi connectivity index (χ4v) is 4.02. The molecule has 128 valence electrons. The van der Waals surface area contributed by atoms with Crippen LogP contribution in [0.4, 0.5) is 0 Å². The van der Waals surface area contributed by atoms with Gasteiger partial charge in [-0.1, -0.05) is 26.0 Å². The lowest BCUT2D eigenvalue weighted by molar-refractivity contribution is -0.131. The Morgan fingerprint density at radius 2 is 2.29 bits per heavy atom. The van der Waals surface area contributed by atoms with Crippen LogP contribution in [0, 0.1) is 0 Å². The summed E-state index contributed by atoms with van der Waals surface area (Å²) in [5.41, 5.74) is 2.05. The number of thiazole rings is 1. The summed E-state index contributed by atoms with van der Waals surface area (Å²) in [5.74, 6) is 1.42. The van der Waals surface area contributed by atoms with E-state index in [4.69, 9.17) is 4.74 Å². The molecule has 0 bridgehead atoms. The summed E-state index contributed by atoms with van der Waals surface area (Å²) in [4.78, 5) is 19.4. The third kappa shape index (κ3) is 3.61. The largest absolute Gasteiger partial charge is 0.497 e. The van der Waals surface area contributed by atoms with Gasteiger partial charge in [0.15, 0.2) is 0 Å². The number of hydrogen-bond donors (Lipinski definition) is 0. The van der Waals surface area contributed by atoms with Crippen molar-refractivity contribution in [1.82, 2.24) is 9.88 Å². The van der Waals surface area contributed by atoms with E-state index in [0.717, 1.165) is 41.4 Å². The Morgan fingerprint density at radius 1 is 1.46 bits per heavy atom. The second-order valence-corrected chi connectivity index (χ2v) is 7.42. The van der Waals surface area contributed by atoms with Gasteiger partial charge in [0.05, 0.1) is 30.3 Å². The lowest BCUT2D eigenvalue weighted by Crippen LogP contribution is -2.31. The Balaban J connectivity index is 1.73. The van der Waals surface area contributed by atoms with Crippen LogP contribution in [0.5, 0.6) is 5.75 Å². The van der Waals surface area contributed by atoms with Gasteiger partial charge >= 0.3 is 0 Å². The Labute approximate surface area is 147 Å². The molecular weight excluding hydrogens is 320 g/mol. The van der Waals surface area contributed by atoms with Gasteiger partial charge in [-0.05, 0) is 30.5 Å². The smallest absolute Gasteiger partial charge is 0.229 e. The Kier molecular flexibility index (Phi) is 5.19. The average Bonchev–Trinajstić information content (AvgIpc) is 3.24. The van der Waals surface area contributed by atoms with E-state index in [-0.39, 0.29) is 11.9 Å². The van der Waals surface area contributed by atoms with Gasteiger partial charge in [-0.2, -0.15) is 0 Å². The zero-order valence-corrected chi connectivity index (χ0v) is 15.3. The third-order valence-electron chi connectivity index (χ3n) is 4.45. The summed E-state index contributed by atoms with van der Waals surface area (Å²) in [7, 11) is 1.67. The maximum atomic E-state index is 12.8. The molecule has 1 aromatic heterocycles. The van der Waals surface area contributed by atoms with Crippen molar-refractivity contribution >= 4 is 17.2 Å². The van der Waals surface area contributed by atoms with Crippen molar-refractivity contribution in [1.29, 1.82) is 0 Å². The lowest BCUT2D eigenvalue weighted by atomic mass is 10.0. The Morgan fingerprint density at radius 3 is 3.00 bits per heavy atom. The molecule has 1 unspecified atom stereocenters. The van der Waals surface area contributed by atoms with Crippen LogP contribution < -0.4 is 4.74 Å². The van der Waals surface area contributed by atoms with Crippen LogP contribution in [0.3, 0.4) is 0 Å². The zero-order chi connectivity index (χ0) is 17.1. The van der Waals surface area contributed by atoms with E-state index in [1.165, 1.54) is 0 Å². The fourth-order valence-electron chi connectivity index (χ4n) is 3.19. The molecule has 1 aliphatic heterocycles. The number of rotatable bonds is 5. The number of nitrogens with zero attached hydrogens (tertiary/aromatic N) is 2. The fraction of sp³-hybridized carbons (Fsp3) is 0.474. The highest BCUT2D eigenvalue weighted by Gasteiger charge is 2.30. The quantitative estimate of drug-likeness (QED) is 0.817. The number of carbonyl (C=O) groups excluding carboxylic acids is 1. The highest BCUT2D eigenvalue weighted by Crippen LogP contribution is 2.34. The van der Waals surface area contributed by atoms with Gasteiger partial charge in [0, 0.05) is 17.8 Å². The number of hydrogen-bond acceptors (Lipinski definition) is 4. The number of carbonyl (C=O) groups is 1. The summed E-state index contributed by atoms with van der Waals surface area (Å²) in [5, 5.41) is 3.12. The molecule has 1 fully saturated rings. The SMILES string of the molecule is COc1cccc(C2CCCN2C(=O)Cc2csc(C(C)C)n2)c1. The summed E-state index contributed by atoms with van der Waals surface area (Å²) < 4.78 is 5.32. The number of benzene rings is 1. The first-order chi connectivity index (χ1) is 11.6. The van der Waals surface area contributed by atoms with E-state index in [1.54, 1.807) is 18.4 Å². The Bertz CT molecular complexity index is 711. The van der Waals surface area contributed by atoms with Crippen LogP contribution in [0.25, 0.3) is 0 Å². The van der Waals surface area contributed by atoms with Crippen LogP contribution in [0.2, 0.25) is 0 Å². The maximum Gasteiger partial charge on any atom is 0.229 e. The number of ether oxygens (including phenoxy) is 1. The second kappa shape index (κ2) is 7.34. The van der Waals surface area contributed by atoms with Crippen molar-refractivity contribution in [3.05, 3.63) is 45.9 Å². The second-order valence-electron chi connectivity index (χ2n) is 6.53. The summed E-state index contributed by atoms with van der Waals surface area (Å²) in [6, 6.07) is 8.20.